The largest absolute Gasteiger partial charge is 0.497 e. The number of anilines is 1. The van der Waals surface area contributed by atoms with Crippen LogP contribution in [0.3, 0.4) is 0 Å². The molecule has 0 radical (unpaired) electrons. The van der Waals surface area contributed by atoms with Crippen molar-refractivity contribution in [2.45, 2.75) is 13.0 Å². The summed E-state index contributed by atoms with van der Waals surface area (Å²) in [5.74, 6) is 1.24. The van der Waals surface area contributed by atoms with Gasteiger partial charge in [-0.3, -0.25) is 4.79 Å². The van der Waals surface area contributed by atoms with E-state index in [0.717, 1.165) is 0 Å². The van der Waals surface area contributed by atoms with Gasteiger partial charge in [0.15, 0.2) is 0 Å². The van der Waals surface area contributed by atoms with E-state index in [-0.39, 0.29) is 0 Å². The van der Waals surface area contributed by atoms with Crippen molar-refractivity contribution < 1.29 is 14.3 Å². The number of carbonyl (C=O) groups excluding carboxylic acids is 1. The molecule has 0 fully saturated rings. The zero-order chi connectivity index (χ0) is 16.6. The van der Waals surface area contributed by atoms with Crippen LogP contribution in [0, 0.1) is 0 Å². The fourth-order valence-corrected chi connectivity index (χ4v) is 2.75. The average Bonchev–Trinajstić information content (AvgIpc) is 3.00. The lowest BCUT2D eigenvalue weighted by Gasteiger charge is -2.28. The molecule has 1 aliphatic heterocycles. The molecule has 2 aromatic rings. The van der Waals surface area contributed by atoms with E-state index >= 15 is 0 Å². The first kappa shape index (κ1) is 14.9. The van der Waals surface area contributed by atoms with E-state index in [1.807, 2.05) is 0 Å². The van der Waals surface area contributed by atoms with Crippen molar-refractivity contribution in [3.05, 3.63) is 41.4 Å². The molecule has 8 heteroatoms. The van der Waals surface area contributed by atoms with Crippen molar-refractivity contribution in [2.24, 2.45) is 5.73 Å². The molecule has 2 heterocycles. The molecule has 3 N–H and O–H groups in total. The molecule has 0 spiro atoms. The maximum absolute atomic E-state index is 12.0. The van der Waals surface area contributed by atoms with Crippen LogP contribution in [0.4, 0.5) is 5.95 Å². The molecule has 0 aliphatic carbocycles. The second kappa shape index (κ2) is 5.64. The summed E-state index contributed by atoms with van der Waals surface area (Å²) in [7, 11) is 3.14. The maximum Gasteiger partial charge on any atom is 0.248 e. The van der Waals surface area contributed by atoms with E-state index in [0.29, 0.717) is 34.3 Å². The first-order chi connectivity index (χ1) is 11.1. The van der Waals surface area contributed by atoms with Crippen LogP contribution in [0.25, 0.3) is 0 Å². The van der Waals surface area contributed by atoms with Gasteiger partial charge in [-0.25, -0.2) is 4.68 Å². The Morgan fingerprint density at radius 1 is 1.35 bits per heavy atom. The van der Waals surface area contributed by atoms with E-state index in [9.17, 15) is 4.79 Å². The van der Waals surface area contributed by atoms with Crippen molar-refractivity contribution in [1.29, 1.82) is 0 Å². The lowest BCUT2D eigenvalue weighted by atomic mass is 9.94. The molecule has 0 bridgehead atoms. The summed E-state index contributed by atoms with van der Waals surface area (Å²) < 4.78 is 12.3. The van der Waals surface area contributed by atoms with Gasteiger partial charge in [0, 0.05) is 11.3 Å². The Balaban J connectivity index is 2.26. The summed E-state index contributed by atoms with van der Waals surface area (Å²) in [6.45, 7) is 1.78. The van der Waals surface area contributed by atoms with Crippen LogP contribution < -0.4 is 20.5 Å². The fourth-order valence-electron chi connectivity index (χ4n) is 2.75. The minimum Gasteiger partial charge on any atom is -0.497 e. The zero-order valence-corrected chi connectivity index (χ0v) is 13.0. The van der Waals surface area contributed by atoms with Gasteiger partial charge >= 0.3 is 0 Å². The SMILES string of the molecule is COc1ccc(OC)c([C@@H]2C(C(N)=O)=C(C)Nc3ncnn32)c1. The number of benzene rings is 1. The van der Waals surface area contributed by atoms with Gasteiger partial charge in [0.2, 0.25) is 11.9 Å². The van der Waals surface area contributed by atoms with Gasteiger partial charge in [0.05, 0.1) is 19.8 Å². The van der Waals surface area contributed by atoms with Crippen molar-refractivity contribution >= 4 is 11.9 Å². The number of nitrogens with one attached hydrogen (secondary N) is 1. The molecule has 120 valence electrons. The quantitative estimate of drug-likeness (QED) is 0.874. The molecular weight excluding hydrogens is 298 g/mol. The van der Waals surface area contributed by atoms with Gasteiger partial charge in [-0.1, -0.05) is 0 Å². The van der Waals surface area contributed by atoms with E-state index in [1.54, 1.807) is 44.0 Å². The highest BCUT2D eigenvalue weighted by molar-refractivity contribution is 5.95. The number of rotatable bonds is 4. The molecule has 1 aromatic heterocycles. The molecule has 1 amide bonds. The smallest absolute Gasteiger partial charge is 0.248 e. The first-order valence-electron chi connectivity index (χ1n) is 6.95. The van der Waals surface area contributed by atoms with E-state index < -0.39 is 11.9 Å². The number of aromatic nitrogens is 3. The van der Waals surface area contributed by atoms with Crippen LogP contribution in [-0.2, 0) is 4.79 Å². The standard InChI is InChI=1S/C15H17N5O3/c1-8-12(14(16)21)13(20-15(19-8)17-7-18-20)10-6-9(22-2)4-5-11(10)23-3/h4-7,13H,1-3H3,(H2,16,21)(H,17,18,19)/t13-/m1/s1. The number of ether oxygens (including phenoxy) is 2. The van der Waals surface area contributed by atoms with Gasteiger partial charge in [-0.2, -0.15) is 10.1 Å². The minimum atomic E-state index is -0.545. The lowest BCUT2D eigenvalue weighted by molar-refractivity contribution is -0.115. The summed E-state index contributed by atoms with van der Waals surface area (Å²) in [6, 6.07) is 4.82. The van der Waals surface area contributed by atoms with Gasteiger partial charge in [-0.05, 0) is 25.1 Å². The van der Waals surface area contributed by atoms with E-state index in [4.69, 9.17) is 15.2 Å². The fraction of sp³-hybridized carbons (Fsp3) is 0.267. The summed E-state index contributed by atoms with van der Waals surface area (Å²) in [4.78, 5) is 16.2. The highest BCUT2D eigenvalue weighted by Crippen LogP contribution is 2.39. The number of nitrogens with zero attached hydrogens (tertiary/aromatic N) is 3. The molecular formula is C15H17N5O3. The molecule has 1 aliphatic rings. The third-order valence-electron chi connectivity index (χ3n) is 3.79. The topological polar surface area (TPSA) is 104 Å². The van der Waals surface area contributed by atoms with Gasteiger partial charge in [-0.15, -0.1) is 0 Å². The molecule has 23 heavy (non-hydrogen) atoms. The molecule has 1 aromatic carbocycles. The minimum absolute atomic E-state index is 0.398. The zero-order valence-electron chi connectivity index (χ0n) is 13.0. The van der Waals surface area contributed by atoms with E-state index in [2.05, 4.69) is 15.4 Å². The van der Waals surface area contributed by atoms with E-state index in [1.165, 1.54) is 6.33 Å². The normalized spacial score (nSPS) is 16.6. The third kappa shape index (κ3) is 2.37. The van der Waals surface area contributed by atoms with Gasteiger partial charge in [0.1, 0.15) is 23.9 Å². The number of primary amides is 1. The number of amides is 1. The molecule has 3 rings (SSSR count). The highest BCUT2D eigenvalue weighted by Gasteiger charge is 2.34. The Hall–Kier alpha value is -3.03. The van der Waals surface area contributed by atoms with Crippen molar-refractivity contribution in [3.63, 3.8) is 0 Å². The number of carbonyl (C=O) groups is 1. The second-order valence-electron chi connectivity index (χ2n) is 5.07. The number of allylic oxidation sites excluding steroid dienone is 1. The van der Waals surface area contributed by atoms with Crippen LogP contribution >= 0.6 is 0 Å². The van der Waals surface area contributed by atoms with Crippen molar-refractivity contribution in [3.8, 4) is 11.5 Å². The summed E-state index contributed by atoms with van der Waals surface area (Å²) in [6.07, 6.45) is 1.42. The van der Waals surface area contributed by atoms with Crippen LogP contribution in [0.1, 0.15) is 18.5 Å². The van der Waals surface area contributed by atoms with Crippen molar-refractivity contribution in [2.75, 3.05) is 19.5 Å². The molecule has 8 nitrogen and oxygen atoms in total. The predicted molar refractivity (Wildman–Crippen MR) is 83.2 cm³/mol. The number of hydrogen-bond acceptors (Lipinski definition) is 6. The lowest BCUT2D eigenvalue weighted by Crippen LogP contribution is -2.32. The van der Waals surface area contributed by atoms with Crippen LogP contribution in [0.2, 0.25) is 0 Å². The Morgan fingerprint density at radius 3 is 2.78 bits per heavy atom. The maximum atomic E-state index is 12.0. The summed E-state index contributed by atoms with van der Waals surface area (Å²) in [5.41, 5.74) is 7.35. The van der Waals surface area contributed by atoms with Crippen LogP contribution in [0.5, 0.6) is 11.5 Å². The predicted octanol–water partition coefficient (Wildman–Crippen LogP) is 1.07. The number of nitrogens with two attached hydrogens (primary N) is 1. The monoisotopic (exact) mass is 315 g/mol. The van der Waals surface area contributed by atoms with Gasteiger partial charge in [0.25, 0.3) is 0 Å². The van der Waals surface area contributed by atoms with Crippen molar-refractivity contribution in [1.82, 2.24) is 14.8 Å². The van der Waals surface area contributed by atoms with Crippen LogP contribution in [-0.4, -0.2) is 34.9 Å². The molecule has 0 unspecified atom stereocenters. The number of hydrogen-bond donors (Lipinski definition) is 2. The molecule has 1 atom stereocenters. The third-order valence-corrected chi connectivity index (χ3v) is 3.79. The van der Waals surface area contributed by atoms with Gasteiger partial charge < -0.3 is 20.5 Å². The molecule has 0 saturated heterocycles. The highest BCUT2D eigenvalue weighted by atomic mass is 16.5. The Bertz CT molecular complexity index is 796. The second-order valence-corrected chi connectivity index (χ2v) is 5.07. The number of methoxy groups -OCH3 is 2. The van der Waals surface area contributed by atoms with Crippen LogP contribution in [0.15, 0.2) is 35.8 Å². The first-order valence-corrected chi connectivity index (χ1v) is 6.95. The Kier molecular flexibility index (Phi) is 3.65. The summed E-state index contributed by atoms with van der Waals surface area (Å²) >= 11 is 0. The average molecular weight is 315 g/mol. The number of fused-ring (bicyclic) bond motifs is 1. The Labute approximate surface area is 132 Å². The molecule has 0 saturated carbocycles. The summed E-state index contributed by atoms with van der Waals surface area (Å²) in [5, 5.41) is 7.25. The Morgan fingerprint density at radius 2 is 2.13 bits per heavy atom.